The Bertz CT molecular complexity index is 463. The van der Waals surface area contributed by atoms with E-state index in [1.165, 1.54) is 23.4 Å². The fourth-order valence-electron chi connectivity index (χ4n) is 2.36. The second-order valence-electron chi connectivity index (χ2n) is 4.86. The molecule has 0 amide bonds. The molecule has 1 saturated carbocycles. The van der Waals surface area contributed by atoms with Crippen LogP contribution in [0.5, 0.6) is 0 Å². The number of nitrogens with one attached hydrogen (secondary N) is 1. The van der Waals surface area contributed by atoms with Crippen molar-refractivity contribution in [3.63, 3.8) is 0 Å². The molecule has 94 valence electrons. The average molecular weight is 258 g/mol. The Morgan fingerprint density at radius 3 is 2.78 bits per heavy atom. The van der Waals surface area contributed by atoms with Crippen molar-refractivity contribution in [3.8, 4) is 0 Å². The van der Waals surface area contributed by atoms with Gasteiger partial charge in [0.15, 0.2) is 0 Å². The minimum atomic E-state index is 0.533. The van der Waals surface area contributed by atoms with E-state index in [-0.39, 0.29) is 0 Å². The molecule has 2 aromatic rings. The zero-order chi connectivity index (χ0) is 12.2. The second-order valence-corrected chi connectivity index (χ2v) is 5.83. The van der Waals surface area contributed by atoms with Crippen LogP contribution >= 0.6 is 11.3 Å². The van der Waals surface area contributed by atoms with Gasteiger partial charge in [0.1, 0.15) is 0 Å². The summed E-state index contributed by atoms with van der Waals surface area (Å²) in [6.45, 7) is 1.02. The van der Waals surface area contributed by atoms with Gasteiger partial charge in [0.05, 0.1) is 5.01 Å². The van der Waals surface area contributed by atoms with Crippen LogP contribution in [0.2, 0.25) is 0 Å². The van der Waals surface area contributed by atoms with E-state index >= 15 is 0 Å². The Kier molecular flexibility index (Phi) is 3.72. The average Bonchev–Trinajstić information content (AvgIpc) is 3.12. The van der Waals surface area contributed by atoms with Crippen molar-refractivity contribution in [2.24, 2.45) is 5.92 Å². The van der Waals surface area contributed by atoms with Crippen LogP contribution in [0.25, 0.3) is 0 Å². The van der Waals surface area contributed by atoms with Crippen molar-refractivity contribution in [2.45, 2.75) is 25.3 Å². The summed E-state index contributed by atoms with van der Waals surface area (Å²) in [7, 11) is 0. The van der Waals surface area contributed by atoms with Crippen molar-refractivity contribution in [1.29, 1.82) is 0 Å². The molecule has 1 atom stereocenters. The van der Waals surface area contributed by atoms with Crippen LogP contribution in [0.3, 0.4) is 0 Å². The summed E-state index contributed by atoms with van der Waals surface area (Å²) in [6.07, 6.45) is 5.65. The summed E-state index contributed by atoms with van der Waals surface area (Å²) < 4.78 is 0. The lowest BCUT2D eigenvalue weighted by Crippen LogP contribution is -2.25. The fourth-order valence-corrected chi connectivity index (χ4v) is 2.98. The van der Waals surface area contributed by atoms with E-state index in [4.69, 9.17) is 0 Å². The second kappa shape index (κ2) is 5.63. The number of benzene rings is 1. The lowest BCUT2D eigenvalue weighted by molar-refractivity contribution is 0.484. The first-order valence-corrected chi connectivity index (χ1v) is 7.48. The third-order valence-corrected chi connectivity index (χ3v) is 4.28. The Balaban J connectivity index is 1.58. The van der Waals surface area contributed by atoms with Gasteiger partial charge in [-0.3, -0.25) is 0 Å². The highest BCUT2D eigenvalue weighted by Gasteiger charge is 2.31. The van der Waals surface area contributed by atoms with Crippen LogP contribution < -0.4 is 5.32 Å². The monoisotopic (exact) mass is 258 g/mol. The van der Waals surface area contributed by atoms with Crippen molar-refractivity contribution in [2.75, 3.05) is 6.54 Å². The molecule has 0 radical (unpaired) electrons. The number of thiazole rings is 1. The normalized spacial score (nSPS) is 16.7. The number of aromatic nitrogens is 1. The zero-order valence-corrected chi connectivity index (χ0v) is 11.2. The molecule has 3 heteroatoms. The summed E-state index contributed by atoms with van der Waals surface area (Å²) in [5.74, 6) is 0.837. The molecule has 1 fully saturated rings. The lowest BCUT2D eigenvalue weighted by Gasteiger charge is -2.18. The molecule has 0 bridgehead atoms. The van der Waals surface area contributed by atoms with Crippen LogP contribution in [-0.2, 0) is 6.42 Å². The van der Waals surface area contributed by atoms with Crippen LogP contribution in [0, 0.1) is 5.92 Å². The quantitative estimate of drug-likeness (QED) is 0.858. The lowest BCUT2D eigenvalue weighted by atomic mass is 10.0. The molecule has 1 aromatic carbocycles. The first kappa shape index (κ1) is 11.9. The molecule has 1 aliphatic carbocycles. The maximum atomic E-state index is 4.32. The van der Waals surface area contributed by atoms with Gasteiger partial charge in [0, 0.05) is 30.6 Å². The number of hydrogen-bond acceptors (Lipinski definition) is 3. The van der Waals surface area contributed by atoms with Crippen LogP contribution in [0.4, 0.5) is 0 Å². The molecular weight excluding hydrogens is 240 g/mol. The molecule has 0 spiro atoms. The minimum absolute atomic E-state index is 0.533. The molecule has 0 saturated heterocycles. The molecular formula is C15H18N2S. The molecule has 3 rings (SSSR count). The number of hydrogen-bond donors (Lipinski definition) is 1. The van der Waals surface area contributed by atoms with Gasteiger partial charge in [0.2, 0.25) is 0 Å². The fraction of sp³-hybridized carbons (Fsp3) is 0.400. The molecule has 1 N–H and O–H groups in total. The van der Waals surface area contributed by atoms with Gasteiger partial charge in [-0.15, -0.1) is 11.3 Å². The van der Waals surface area contributed by atoms with Crippen molar-refractivity contribution in [3.05, 3.63) is 52.5 Å². The first-order valence-electron chi connectivity index (χ1n) is 6.60. The van der Waals surface area contributed by atoms with Gasteiger partial charge >= 0.3 is 0 Å². The summed E-state index contributed by atoms with van der Waals surface area (Å²) in [5, 5.41) is 6.98. The minimum Gasteiger partial charge on any atom is -0.309 e. The topological polar surface area (TPSA) is 24.9 Å². The standard InChI is InChI=1S/C15H18N2S/c1-2-4-12(5-3-1)15(13-6-7-13)17-9-8-14-16-10-11-18-14/h1-5,10-11,13,15,17H,6-9H2. The highest BCUT2D eigenvalue weighted by atomic mass is 32.1. The van der Waals surface area contributed by atoms with E-state index in [9.17, 15) is 0 Å². The summed E-state index contributed by atoms with van der Waals surface area (Å²) in [5.41, 5.74) is 1.43. The number of rotatable bonds is 6. The van der Waals surface area contributed by atoms with Crippen LogP contribution in [-0.4, -0.2) is 11.5 Å². The molecule has 2 nitrogen and oxygen atoms in total. The van der Waals surface area contributed by atoms with E-state index in [0.717, 1.165) is 18.9 Å². The van der Waals surface area contributed by atoms with Gasteiger partial charge in [-0.1, -0.05) is 30.3 Å². The maximum Gasteiger partial charge on any atom is 0.0937 e. The third-order valence-electron chi connectivity index (χ3n) is 3.44. The Morgan fingerprint density at radius 1 is 1.28 bits per heavy atom. The summed E-state index contributed by atoms with van der Waals surface area (Å²) in [4.78, 5) is 4.32. The van der Waals surface area contributed by atoms with Gasteiger partial charge in [-0.25, -0.2) is 4.98 Å². The molecule has 1 aromatic heterocycles. The Hall–Kier alpha value is -1.19. The van der Waals surface area contributed by atoms with E-state index in [1.807, 2.05) is 11.6 Å². The third kappa shape index (κ3) is 2.98. The Labute approximate surface area is 112 Å². The van der Waals surface area contributed by atoms with E-state index in [2.05, 4.69) is 40.6 Å². The highest BCUT2D eigenvalue weighted by molar-refractivity contribution is 7.09. The van der Waals surface area contributed by atoms with Gasteiger partial charge < -0.3 is 5.32 Å². The zero-order valence-electron chi connectivity index (χ0n) is 10.4. The predicted octanol–water partition coefficient (Wildman–Crippen LogP) is 3.43. The van der Waals surface area contributed by atoms with Crippen molar-refractivity contribution < 1.29 is 0 Å². The molecule has 1 heterocycles. The van der Waals surface area contributed by atoms with Gasteiger partial charge in [0.25, 0.3) is 0 Å². The maximum absolute atomic E-state index is 4.32. The highest BCUT2D eigenvalue weighted by Crippen LogP contribution is 2.40. The van der Waals surface area contributed by atoms with E-state index in [1.54, 1.807) is 11.3 Å². The largest absolute Gasteiger partial charge is 0.309 e. The van der Waals surface area contributed by atoms with E-state index in [0.29, 0.717) is 6.04 Å². The van der Waals surface area contributed by atoms with Crippen molar-refractivity contribution in [1.82, 2.24) is 10.3 Å². The van der Waals surface area contributed by atoms with Crippen LogP contribution in [0.1, 0.15) is 29.5 Å². The van der Waals surface area contributed by atoms with Crippen LogP contribution in [0.15, 0.2) is 41.9 Å². The first-order chi connectivity index (χ1) is 8.93. The SMILES string of the molecule is c1ccc(C(NCCc2nccs2)C2CC2)cc1. The molecule has 1 aliphatic rings. The summed E-state index contributed by atoms with van der Waals surface area (Å²) in [6, 6.07) is 11.4. The Morgan fingerprint density at radius 2 is 2.11 bits per heavy atom. The predicted molar refractivity (Wildman–Crippen MR) is 75.7 cm³/mol. The van der Waals surface area contributed by atoms with Gasteiger partial charge in [-0.2, -0.15) is 0 Å². The molecule has 0 aliphatic heterocycles. The van der Waals surface area contributed by atoms with Gasteiger partial charge in [-0.05, 0) is 24.3 Å². The van der Waals surface area contributed by atoms with Crippen molar-refractivity contribution >= 4 is 11.3 Å². The molecule has 18 heavy (non-hydrogen) atoms. The molecule has 1 unspecified atom stereocenters. The smallest absolute Gasteiger partial charge is 0.0937 e. The van der Waals surface area contributed by atoms with E-state index < -0.39 is 0 Å². The number of nitrogens with zero attached hydrogens (tertiary/aromatic N) is 1. The summed E-state index contributed by atoms with van der Waals surface area (Å²) >= 11 is 1.74.